The van der Waals surface area contributed by atoms with Gasteiger partial charge in [-0.15, -0.1) is 0 Å². The van der Waals surface area contributed by atoms with Crippen LogP contribution >= 0.6 is 0 Å². The molecule has 0 atom stereocenters. The molecule has 1 rings (SSSR count). The standard InChI is InChI=1S/C12H25N3/c1-12(2,3)15-11(13)14-9-8-10-6-4-5-7-10/h10H,4-9H2,1-3H3,(H3,13,14,15). The van der Waals surface area contributed by atoms with E-state index in [9.17, 15) is 0 Å². The predicted molar refractivity (Wildman–Crippen MR) is 66.0 cm³/mol. The van der Waals surface area contributed by atoms with Crippen LogP contribution in [0, 0.1) is 5.92 Å². The van der Waals surface area contributed by atoms with Crippen molar-refractivity contribution in [3.63, 3.8) is 0 Å². The van der Waals surface area contributed by atoms with Crippen molar-refractivity contribution in [2.24, 2.45) is 16.6 Å². The molecule has 3 N–H and O–H groups in total. The number of hydrogen-bond acceptors (Lipinski definition) is 1. The first-order valence-electron chi connectivity index (χ1n) is 6.05. The minimum absolute atomic E-state index is 0.0148. The summed E-state index contributed by atoms with van der Waals surface area (Å²) in [5, 5.41) is 3.17. The molecule has 0 unspecified atom stereocenters. The van der Waals surface area contributed by atoms with Crippen molar-refractivity contribution in [2.75, 3.05) is 6.54 Å². The van der Waals surface area contributed by atoms with Gasteiger partial charge in [-0.3, -0.25) is 4.99 Å². The first-order chi connectivity index (χ1) is 6.97. The second-order valence-electron chi connectivity index (χ2n) is 5.58. The van der Waals surface area contributed by atoms with Crippen LogP contribution in [0.1, 0.15) is 52.9 Å². The Bertz CT molecular complexity index is 209. The number of guanidine groups is 1. The van der Waals surface area contributed by atoms with Crippen LogP contribution in [0.4, 0.5) is 0 Å². The third kappa shape index (κ3) is 5.65. The Labute approximate surface area is 93.5 Å². The fourth-order valence-electron chi connectivity index (χ4n) is 2.09. The Morgan fingerprint density at radius 1 is 1.33 bits per heavy atom. The lowest BCUT2D eigenvalue weighted by Crippen LogP contribution is -2.45. The van der Waals surface area contributed by atoms with E-state index in [1.165, 1.54) is 32.1 Å². The second kappa shape index (κ2) is 5.38. The quantitative estimate of drug-likeness (QED) is 0.556. The van der Waals surface area contributed by atoms with Crippen molar-refractivity contribution in [2.45, 2.75) is 58.4 Å². The highest BCUT2D eigenvalue weighted by molar-refractivity contribution is 5.78. The van der Waals surface area contributed by atoms with E-state index in [0.717, 1.165) is 12.5 Å². The van der Waals surface area contributed by atoms with E-state index in [0.29, 0.717) is 5.96 Å². The third-order valence-corrected chi connectivity index (χ3v) is 2.80. The molecule has 1 aliphatic rings. The van der Waals surface area contributed by atoms with Crippen LogP contribution in [0.25, 0.3) is 0 Å². The Morgan fingerprint density at radius 2 is 1.93 bits per heavy atom. The highest BCUT2D eigenvalue weighted by Crippen LogP contribution is 2.27. The highest BCUT2D eigenvalue weighted by atomic mass is 15.1. The topological polar surface area (TPSA) is 50.4 Å². The molecule has 3 nitrogen and oxygen atoms in total. The third-order valence-electron chi connectivity index (χ3n) is 2.80. The van der Waals surface area contributed by atoms with E-state index in [1.54, 1.807) is 0 Å². The van der Waals surface area contributed by atoms with Crippen molar-refractivity contribution in [1.82, 2.24) is 5.32 Å². The van der Waals surface area contributed by atoms with Crippen LogP contribution in [-0.2, 0) is 0 Å². The average Bonchev–Trinajstić information content (AvgIpc) is 2.53. The molecule has 15 heavy (non-hydrogen) atoms. The van der Waals surface area contributed by atoms with Crippen LogP contribution in [0.3, 0.4) is 0 Å². The summed E-state index contributed by atoms with van der Waals surface area (Å²) < 4.78 is 0. The maximum atomic E-state index is 5.78. The molecule has 0 heterocycles. The van der Waals surface area contributed by atoms with Gasteiger partial charge in [-0.25, -0.2) is 0 Å². The number of aliphatic imine (C=N–C) groups is 1. The molecule has 1 fully saturated rings. The largest absolute Gasteiger partial charge is 0.370 e. The van der Waals surface area contributed by atoms with Gasteiger partial charge in [-0.05, 0) is 33.1 Å². The van der Waals surface area contributed by atoms with Crippen LogP contribution in [0.15, 0.2) is 4.99 Å². The SMILES string of the molecule is CC(C)(C)NC(N)=NCCC1CCCC1. The summed E-state index contributed by atoms with van der Waals surface area (Å²) in [4.78, 5) is 4.36. The van der Waals surface area contributed by atoms with Crippen molar-refractivity contribution in [3.05, 3.63) is 0 Å². The van der Waals surface area contributed by atoms with E-state index in [1.807, 2.05) is 0 Å². The Kier molecular flexibility index (Phi) is 4.43. The van der Waals surface area contributed by atoms with Gasteiger partial charge in [0.05, 0.1) is 0 Å². The van der Waals surface area contributed by atoms with E-state index >= 15 is 0 Å². The molecule has 0 aromatic rings. The minimum Gasteiger partial charge on any atom is -0.370 e. The molecular formula is C12H25N3. The molecule has 0 radical (unpaired) electrons. The lowest BCUT2D eigenvalue weighted by Gasteiger charge is -2.21. The van der Waals surface area contributed by atoms with Gasteiger partial charge in [-0.2, -0.15) is 0 Å². The molecule has 1 aliphatic carbocycles. The summed E-state index contributed by atoms with van der Waals surface area (Å²) in [5.41, 5.74) is 5.80. The summed E-state index contributed by atoms with van der Waals surface area (Å²) in [6.45, 7) is 7.14. The van der Waals surface area contributed by atoms with E-state index < -0.39 is 0 Å². The summed E-state index contributed by atoms with van der Waals surface area (Å²) in [6.07, 6.45) is 6.80. The molecule has 0 aromatic heterocycles. The molecule has 3 heteroatoms. The van der Waals surface area contributed by atoms with E-state index in [2.05, 4.69) is 31.1 Å². The molecule has 0 saturated heterocycles. The van der Waals surface area contributed by atoms with Crippen LogP contribution in [0.5, 0.6) is 0 Å². The highest BCUT2D eigenvalue weighted by Gasteiger charge is 2.14. The molecular weight excluding hydrogens is 186 g/mol. The second-order valence-corrected chi connectivity index (χ2v) is 5.58. The van der Waals surface area contributed by atoms with Crippen LogP contribution in [0.2, 0.25) is 0 Å². The first kappa shape index (κ1) is 12.3. The molecule has 0 spiro atoms. The summed E-state index contributed by atoms with van der Waals surface area (Å²) >= 11 is 0. The normalized spacial score (nSPS) is 19.5. The zero-order chi connectivity index (χ0) is 11.3. The van der Waals surface area contributed by atoms with Gasteiger partial charge in [-0.1, -0.05) is 25.7 Å². The average molecular weight is 211 g/mol. The molecule has 0 aliphatic heterocycles. The number of rotatable bonds is 3. The molecule has 88 valence electrons. The predicted octanol–water partition coefficient (Wildman–Crippen LogP) is 2.27. The van der Waals surface area contributed by atoms with E-state index in [4.69, 9.17) is 5.73 Å². The fourth-order valence-corrected chi connectivity index (χ4v) is 2.09. The molecule has 0 aromatic carbocycles. The van der Waals surface area contributed by atoms with Gasteiger partial charge < -0.3 is 11.1 Å². The lowest BCUT2D eigenvalue weighted by atomic mass is 10.0. The van der Waals surface area contributed by atoms with Gasteiger partial charge in [0, 0.05) is 12.1 Å². The van der Waals surface area contributed by atoms with Gasteiger partial charge in [0.2, 0.25) is 0 Å². The Hall–Kier alpha value is -0.730. The van der Waals surface area contributed by atoms with Crippen LogP contribution < -0.4 is 11.1 Å². The van der Waals surface area contributed by atoms with Gasteiger partial charge in [0.25, 0.3) is 0 Å². The summed E-state index contributed by atoms with van der Waals surface area (Å²) in [6, 6.07) is 0. The van der Waals surface area contributed by atoms with Crippen molar-refractivity contribution in [1.29, 1.82) is 0 Å². The number of nitrogens with one attached hydrogen (secondary N) is 1. The zero-order valence-corrected chi connectivity index (χ0v) is 10.3. The minimum atomic E-state index is 0.0148. The maximum Gasteiger partial charge on any atom is 0.188 e. The Morgan fingerprint density at radius 3 is 2.47 bits per heavy atom. The smallest absolute Gasteiger partial charge is 0.188 e. The van der Waals surface area contributed by atoms with Gasteiger partial charge in [0.15, 0.2) is 5.96 Å². The van der Waals surface area contributed by atoms with E-state index in [-0.39, 0.29) is 5.54 Å². The molecule has 0 amide bonds. The first-order valence-corrected chi connectivity index (χ1v) is 6.05. The van der Waals surface area contributed by atoms with Crippen molar-refractivity contribution in [3.8, 4) is 0 Å². The van der Waals surface area contributed by atoms with Gasteiger partial charge in [0.1, 0.15) is 0 Å². The monoisotopic (exact) mass is 211 g/mol. The number of hydrogen-bond donors (Lipinski definition) is 2. The summed E-state index contributed by atoms with van der Waals surface area (Å²) in [7, 11) is 0. The zero-order valence-electron chi connectivity index (χ0n) is 10.3. The molecule has 1 saturated carbocycles. The van der Waals surface area contributed by atoms with Crippen LogP contribution in [-0.4, -0.2) is 18.0 Å². The van der Waals surface area contributed by atoms with Crippen molar-refractivity contribution >= 4 is 5.96 Å². The van der Waals surface area contributed by atoms with Gasteiger partial charge >= 0.3 is 0 Å². The number of nitrogens with zero attached hydrogens (tertiary/aromatic N) is 1. The summed E-state index contributed by atoms with van der Waals surface area (Å²) in [5.74, 6) is 1.48. The Balaban J connectivity index is 2.18. The van der Waals surface area contributed by atoms with Crippen molar-refractivity contribution < 1.29 is 0 Å². The molecule has 0 bridgehead atoms. The lowest BCUT2D eigenvalue weighted by molar-refractivity contribution is 0.498. The maximum absolute atomic E-state index is 5.78. The fraction of sp³-hybridized carbons (Fsp3) is 0.917. The number of nitrogens with two attached hydrogens (primary N) is 1.